The first kappa shape index (κ1) is 19.7. The van der Waals surface area contributed by atoms with Crippen LogP contribution in [0.4, 0.5) is 5.69 Å². The smallest absolute Gasteiger partial charge is 0.240 e. The summed E-state index contributed by atoms with van der Waals surface area (Å²) in [7, 11) is 0. The lowest BCUT2D eigenvalue weighted by atomic mass is 10.2. The Kier molecular flexibility index (Phi) is 6.51. The second-order valence-corrected chi connectivity index (χ2v) is 7.72. The summed E-state index contributed by atoms with van der Waals surface area (Å²) in [6, 6.07) is 19.8. The molecule has 0 spiro atoms. The van der Waals surface area contributed by atoms with Gasteiger partial charge >= 0.3 is 0 Å². The van der Waals surface area contributed by atoms with Gasteiger partial charge in [-0.25, -0.2) is 4.98 Å². The molecule has 1 aromatic heterocycles. The lowest BCUT2D eigenvalue weighted by Crippen LogP contribution is -2.37. The van der Waals surface area contributed by atoms with Crippen molar-refractivity contribution in [3.8, 4) is 11.8 Å². The first-order valence-electron chi connectivity index (χ1n) is 9.10. The van der Waals surface area contributed by atoms with Gasteiger partial charge in [0.1, 0.15) is 0 Å². The van der Waals surface area contributed by atoms with Gasteiger partial charge in [0.2, 0.25) is 5.91 Å². The minimum absolute atomic E-state index is 0.0368. The molecule has 0 saturated carbocycles. The van der Waals surface area contributed by atoms with Crippen LogP contribution in [0.2, 0.25) is 0 Å². The fourth-order valence-electron chi connectivity index (χ4n) is 2.92. The standard InChI is InChI=1S/C22H22N4OS/c1-17-8-6-11-20(16-17)26-15-13-24-22(26)28-18(2)21(27)25(14-7-12-23)19-9-4-3-5-10-19/h3-6,8-11,13,15-16,18H,7,14H2,1-2H3. The van der Waals surface area contributed by atoms with Crippen LogP contribution >= 0.6 is 11.8 Å². The molecule has 1 amide bonds. The number of carbonyl (C=O) groups is 1. The van der Waals surface area contributed by atoms with Gasteiger partial charge in [0.25, 0.3) is 0 Å². The van der Waals surface area contributed by atoms with Crippen molar-refractivity contribution < 1.29 is 4.79 Å². The van der Waals surface area contributed by atoms with Crippen LogP contribution in [-0.2, 0) is 4.79 Å². The molecule has 1 heterocycles. The molecule has 0 N–H and O–H groups in total. The van der Waals surface area contributed by atoms with Crippen molar-refractivity contribution in [1.29, 1.82) is 5.26 Å². The van der Waals surface area contributed by atoms with E-state index in [1.165, 1.54) is 11.8 Å². The van der Waals surface area contributed by atoms with E-state index in [1.54, 1.807) is 11.1 Å². The van der Waals surface area contributed by atoms with Crippen LogP contribution < -0.4 is 4.90 Å². The van der Waals surface area contributed by atoms with Gasteiger partial charge in [-0.3, -0.25) is 9.36 Å². The monoisotopic (exact) mass is 390 g/mol. The Morgan fingerprint density at radius 1 is 1.25 bits per heavy atom. The van der Waals surface area contributed by atoms with Crippen LogP contribution in [0.1, 0.15) is 18.9 Å². The fourth-order valence-corrected chi connectivity index (χ4v) is 3.86. The number of amides is 1. The Balaban J connectivity index is 1.80. The number of hydrogen-bond acceptors (Lipinski definition) is 4. The highest BCUT2D eigenvalue weighted by Crippen LogP contribution is 2.27. The van der Waals surface area contributed by atoms with Gasteiger partial charge in [-0.2, -0.15) is 5.26 Å². The Labute approximate surface area is 169 Å². The molecule has 0 radical (unpaired) electrons. The normalized spacial score (nSPS) is 11.6. The van der Waals surface area contributed by atoms with Crippen LogP contribution in [0.25, 0.3) is 5.69 Å². The third-order valence-electron chi connectivity index (χ3n) is 4.30. The van der Waals surface area contributed by atoms with Crippen LogP contribution in [0.15, 0.2) is 72.1 Å². The van der Waals surface area contributed by atoms with Crippen LogP contribution in [-0.4, -0.2) is 27.3 Å². The zero-order valence-corrected chi connectivity index (χ0v) is 16.8. The zero-order valence-electron chi connectivity index (χ0n) is 15.9. The van der Waals surface area contributed by atoms with Crippen molar-refractivity contribution in [2.75, 3.05) is 11.4 Å². The van der Waals surface area contributed by atoms with E-state index in [0.717, 1.165) is 22.1 Å². The van der Waals surface area contributed by atoms with E-state index in [4.69, 9.17) is 5.26 Å². The average molecular weight is 391 g/mol. The molecule has 0 aliphatic heterocycles. The van der Waals surface area contributed by atoms with Crippen LogP contribution in [0, 0.1) is 18.3 Å². The van der Waals surface area contributed by atoms with E-state index in [-0.39, 0.29) is 17.6 Å². The number of imidazole rings is 1. The topological polar surface area (TPSA) is 61.9 Å². The molecule has 3 aromatic rings. The zero-order chi connectivity index (χ0) is 19.9. The highest BCUT2D eigenvalue weighted by molar-refractivity contribution is 8.00. The number of aromatic nitrogens is 2. The number of benzene rings is 2. The van der Waals surface area contributed by atoms with Crippen molar-refractivity contribution in [1.82, 2.24) is 9.55 Å². The summed E-state index contributed by atoms with van der Waals surface area (Å²) in [5.41, 5.74) is 2.99. The molecule has 1 unspecified atom stereocenters. The number of thioether (sulfide) groups is 1. The second-order valence-electron chi connectivity index (χ2n) is 6.41. The minimum Gasteiger partial charge on any atom is -0.310 e. The third-order valence-corrected chi connectivity index (χ3v) is 5.37. The van der Waals surface area contributed by atoms with Gasteiger partial charge in [-0.1, -0.05) is 42.1 Å². The molecule has 5 nitrogen and oxygen atoms in total. The largest absolute Gasteiger partial charge is 0.310 e. The Bertz CT molecular complexity index is 977. The van der Waals surface area contributed by atoms with Crippen LogP contribution in [0.3, 0.4) is 0 Å². The minimum atomic E-state index is -0.343. The Hall–Kier alpha value is -3.04. The summed E-state index contributed by atoms with van der Waals surface area (Å²) in [6.45, 7) is 4.30. The van der Waals surface area contributed by atoms with Crippen molar-refractivity contribution in [2.24, 2.45) is 0 Å². The number of nitrogens with zero attached hydrogens (tertiary/aromatic N) is 4. The summed E-state index contributed by atoms with van der Waals surface area (Å²) in [5.74, 6) is -0.0368. The maximum atomic E-state index is 13.1. The molecule has 0 aliphatic rings. The van der Waals surface area contributed by atoms with Gasteiger partial charge < -0.3 is 4.90 Å². The quantitative estimate of drug-likeness (QED) is 0.553. The van der Waals surface area contributed by atoms with E-state index in [2.05, 4.69) is 17.1 Å². The maximum absolute atomic E-state index is 13.1. The highest BCUT2D eigenvalue weighted by Gasteiger charge is 2.24. The van der Waals surface area contributed by atoms with Crippen molar-refractivity contribution >= 4 is 23.4 Å². The predicted octanol–water partition coefficient (Wildman–Crippen LogP) is 4.61. The molecule has 28 heavy (non-hydrogen) atoms. The summed E-state index contributed by atoms with van der Waals surface area (Å²) >= 11 is 1.42. The number of carbonyl (C=O) groups excluding carboxylic acids is 1. The molecule has 6 heteroatoms. The molecule has 3 rings (SSSR count). The van der Waals surface area contributed by atoms with E-state index >= 15 is 0 Å². The number of hydrogen-bond donors (Lipinski definition) is 0. The van der Waals surface area contributed by atoms with Gasteiger partial charge in [0, 0.05) is 30.3 Å². The van der Waals surface area contributed by atoms with Gasteiger partial charge in [-0.05, 0) is 43.7 Å². The van der Waals surface area contributed by atoms with Crippen molar-refractivity contribution in [3.63, 3.8) is 0 Å². The predicted molar refractivity (Wildman–Crippen MR) is 113 cm³/mol. The summed E-state index contributed by atoms with van der Waals surface area (Å²) in [4.78, 5) is 19.3. The highest BCUT2D eigenvalue weighted by atomic mass is 32.2. The molecule has 0 aliphatic carbocycles. The third kappa shape index (κ3) is 4.62. The summed E-state index contributed by atoms with van der Waals surface area (Å²) < 4.78 is 1.99. The number of nitriles is 1. The molecule has 0 fully saturated rings. The molecular formula is C22H22N4OS. The first-order valence-corrected chi connectivity index (χ1v) is 9.98. The first-order chi connectivity index (χ1) is 13.6. The second kappa shape index (κ2) is 9.25. The lowest BCUT2D eigenvalue weighted by Gasteiger charge is -2.25. The van der Waals surface area contributed by atoms with Gasteiger partial charge in [0.15, 0.2) is 5.16 Å². The van der Waals surface area contributed by atoms with E-state index in [1.807, 2.05) is 73.1 Å². The summed E-state index contributed by atoms with van der Waals surface area (Å²) in [6.07, 6.45) is 3.93. The molecule has 2 aromatic carbocycles. The van der Waals surface area contributed by atoms with Crippen molar-refractivity contribution in [3.05, 3.63) is 72.6 Å². The van der Waals surface area contributed by atoms with Crippen LogP contribution in [0.5, 0.6) is 0 Å². The fraction of sp³-hybridized carbons (Fsp3) is 0.227. The average Bonchev–Trinajstić information content (AvgIpc) is 3.17. The molecule has 0 saturated heterocycles. The number of para-hydroxylation sites is 1. The maximum Gasteiger partial charge on any atom is 0.240 e. The number of aryl methyl sites for hydroxylation is 1. The Morgan fingerprint density at radius 3 is 2.75 bits per heavy atom. The van der Waals surface area contributed by atoms with E-state index < -0.39 is 0 Å². The Morgan fingerprint density at radius 2 is 2.04 bits per heavy atom. The van der Waals surface area contributed by atoms with Gasteiger partial charge in [-0.15, -0.1) is 0 Å². The van der Waals surface area contributed by atoms with Crippen molar-refractivity contribution in [2.45, 2.75) is 30.7 Å². The summed E-state index contributed by atoms with van der Waals surface area (Å²) in [5, 5.41) is 9.39. The van der Waals surface area contributed by atoms with E-state index in [0.29, 0.717) is 6.54 Å². The lowest BCUT2D eigenvalue weighted by molar-refractivity contribution is -0.117. The molecular weight excluding hydrogens is 368 g/mol. The molecule has 1 atom stereocenters. The molecule has 0 bridgehead atoms. The number of rotatable bonds is 7. The van der Waals surface area contributed by atoms with E-state index in [9.17, 15) is 4.79 Å². The molecule has 142 valence electrons. The van der Waals surface area contributed by atoms with Gasteiger partial charge in [0.05, 0.1) is 17.7 Å². The number of anilines is 1. The SMILES string of the molecule is Cc1cccc(-n2ccnc2SC(C)C(=O)N(CCC#N)c2ccccc2)c1.